The number of nitrogens with one attached hydrogen (secondary N) is 1. The van der Waals surface area contributed by atoms with Gasteiger partial charge < -0.3 is 5.32 Å². The summed E-state index contributed by atoms with van der Waals surface area (Å²) in [4.78, 5) is 0. The smallest absolute Gasteiger partial charge is 0.0644 e. The summed E-state index contributed by atoms with van der Waals surface area (Å²) in [7, 11) is 0. The van der Waals surface area contributed by atoms with Crippen LogP contribution in [0.2, 0.25) is 0 Å². The van der Waals surface area contributed by atoms with E-state index in [9.17, 15) is 0 Å². The van der Waals surface area contributed by atoms with Gasteiger partial charge in [-0.15, -0.1) is 0 Å². The molecule has 1 heterocycles. The largest absolute Gasteiger partial charge is 0.310 e. The fourth-order valence-electron chi connectivity index (χ4n) is 4.22. The normalized spacial score (nSPS) is 27.8. The van der Waals surface area contributed by atoms with Gasteiger partial charge in [0.2, 0.25) is 0 Å². The molecule has 0 saturated heterocycles. The van der Waals surface area contributed by atoms with E-state index in [1.807, 2.05) is 0 Å². The van der Waals surface area contributed by atoms with Gasteiger partial charge in [-0.1, -0.05) is 20.8 Å². The Labute approximate surface area is 130 Å². The van der Waals surface area contributed by atoms with Crippen LogP contribution in [-0.2, 0) is 0 Å². The van der Waals surface area contributed by atoms with Crippen LogP contribution in [0.5, 0.6) is 0 Å². The molecule has 21 heavy (non-hydrogen) atoms. The molecule has 1 fully saturated rings. The second-order valence-electron chi connectivity index (χ2n) is 7.28. The van der Waals surface area contributed by atoms with Crippen molar-refractivity contribution < 1.29 is 0 Å². The number of aromatic nitrogens is 2. The monoisotopic (exact) mass is 291 g/mol. The molecule has 3 unspecified atom stereocenters. The van der Waals surface area contributed by atoms with E-state index < -0.39 is 0 Å². The molecule has 120 valence electrons. The van der Waals surface area contributed by atoms with Crippen LogP contribution < -0.4 is 5.32 Å². The van der Waals surface area contributed by atoms with Gasteiger partial charge in [-0.25, -0.2) is 0 Å². The molecule has 1 aromatic heterocycles. The van der Waals surface area contributed by atoms with Gasteiger partial charge in [0, 0.05) is 17.3 Å². The first kappa shape index (κ1) is 16.5. The van der Waals surface area contributed by atoms with E-state index in [-0.39, 0.29) is 0 Å². The van der Waals surface area contributed by atoms with Crippen molar-refractivity contribution in [1.29, 1.82) is 0 Å². The third-order valence-corrected chi connectivity index (χ3v) is 5.01. The van der Waals surface area contributed by atoms with E-state index in [2.05, 4.69) is 51.5 Å². The molecule has 0 spiro atoms. The Morgan fingerprint density at radius 1 is 1.19 bits per heavy atom. The molecule has 1 N–H and O–H groups in total. The molecular formula is C18H33N3. The fraction of sp³-hybridized carbons (Fsp3) is 0.833. The Balaban J connectivity index is 2.22. The summed E-state index contributed by atoms with van der Waals surface area (Å²) >= 11 is 0. The quantitative estimate of drug-likeness (QED) is 0.862. The highest BCUT2D eigenvalue weighted by atomic mass is 15.3. The van der Waals surface area contributed by atoms with Crippen LogP contribution in [-0.4, -0.2) is 16.3 Å². The van der Waals surface area contributed by atoms with Crippen molar-refractivity contribution in [3.63, 3.8) is 0 Å². The van der Waals surface area contributed by atoms with Gasteiger partial charge in [0.1, 0.15) is 0 Å². The average molecular weight is 291 g/mol. The standard InChI is InChI=1S/C18H33N3/c1-7-8-19-14(4)18-15(5)20-21(16(18)6)17-10-12(2)9-13(3)11-17/h12-14,17,19H,7-11H2,1-6H3. The highest BCUT2D eigenvalue weighted by Crippen LogP contribution is 2.37. The Kier molecular flexibility index (Phi) is 5.48. The molecule has 1 aliphatic carbocycles. The second kappa shape index (κ2) is 6.95. The summed E-state index contributed by atoms with van der Waals surface area (Å²) in [6.07, 6.45) is 5.11. The van der Waals surface area contributed by atoms with Crippen molar-refractivity contribution >= 4 is 0 Å². The first-order valence-corrected chi connectivity index (χ1v) is 8.72. The van der Waals surface area contributed by atoms with Crippen molar-refractivity contribution in [3.05, 3.63) is 17.0 Å². The predicted octanol–water partition coefficient (Wildman–Crippen LogP) is 4.56. The van der Waals surface area contributed by atoms with Crippen LogP contribution in [0.15, 0.2) is 0 Å². The number of rotatable bonds is 5. The van der Waals surface area contributed by atoms with Crippen LogP contribution in [0, 0.1) is 25.7 Å². The maximum atomic E-state index is 4.91. The Morgan fingerprint density at radius 2 is 1.81 bits per heavy atom. The van der Waals surface area contributed by atoms with Gasteiger partial charge in [0.05, 0.1) is 11.7 Å². The zero-order chi connectivity index (χ0) is 15.6. The summed E-state index contributed by atoms with van der Waals surface area (Å²) < 4.78 is 2.33. The van der Waals surface area contributed by atoms with Crippen molar-refractivity contribution in [2.45, 2.75) is 79.3 Å². The minimum Gasteiger partial charge on any atom is -0.310 e. The number of hydrogen-bond donors (Lipinski definition) is 1. The van der Waals surface area contributed by atoms with Crippen molar-refractivity contribution in [2.75, 3.05) is 6.54 Å². The third-order valence-electron chi connectivity index (χ3n) is 5.01. The van der Waals surface area contributed by atoms with Crippen molar-refractivity contribution in [2.24, 2.45) is 11.8 Å². The SMILES string of the molecule is CCCNC(C)c1c(C)nn(C2CC(C)CC(C)C2)c1C. The predicted molar refractivity (Wildman–Crippen MR) is 89.6 cm³/mol. The highest BCUT2D eigenvalue weighted by molar-refractivity contribution is 5.28. The number of hydrogen-bond acceptors (Lipinski definition) is 2. The molecule has 0 radical (unpaired) electrons. The van der Waals surface area contributed by atoms with E-state index in [4.69, 9.17) is 5.10 Å². The minimum absolute atomic E-state index is 0.400. The maximum absolute atomic E-state index is 4.91. The lowest BCUT2D eigenvalue weighted by molar-refractivity contribution is 0.207. The lowest BCUT2D eigenvalue weighted by atomic mass is 9.80. The first-order chi connectivity index (χ1) is 9.93. The van der Waals surface area contributed by atoms with Crippen LogP contribution in [0.3, 0.4) is 0 Å². The summed E-state index contributed by atoms with van der Waals surface area (Å²) in [5.41, 5.74) is 3.98. The van der Waals surface area contributed by atoms with Crippen molar-refractivity contribution in [1.82, 2.24) is 15.1 Å². The zero-order valence-corrected chi connectivity index (χ0v) is 14.7. The molecule has 0 aliphatic heterocycles. The molecule has 0 bridgehead atoms. The lowest BCUT2D eigenvalue weighted by Crippen LogP contribution is -2.24. The summed E-state index contributed by atoms with van der Waals surface area (Å²) in [5, 5.41) is 8.52. The molecule has 3 nitrogen and oxygen atoms in total. The van der Waals surface area contributed by atoms with Crippen LogP contribution in [0.25, 0.3) is 0 Å². The molecule has 2 rings (SSSR count). The van der Waals surface area contributed by atoms with Gasteiger partial charge in [-0.3, -0.25) is 4.68 Å². The van der Waals surface area contributed by atoms with E-state index in [0.717, 1.165) is 18.4 Å². The van der Waals surface area contributed by atoms with E-state index >= 15 is 0 Å². The van der Waals surface area contributed by atoms with E-state index in [0.29, 0.717) is 12.1 Å². The number of nitrogens with zero attached hydrogens (tertiary/aromatic N) is 2. The molecule has 3 atom stereocenters. The Morgan fingerprint density at radius 3 is 2.38 bits per heavy atom. The molecule has 1 aliphatic rings. The van der Waals surface area contributed by atoms with Gasteiger partial charge in [0.25, 0.3) is 0 Å². The molecule has 1 saturated carbocycles. The molecule has 0 amide bonds. The lowest BCUT2D eigenvalue weighted by Gasteiger charge is -2.32. The van der Waals surface area contributed by atoms with Crippen molar-refractivity contribution in [3.8, 4) is 0 Å². The summed E-state index contributed by atoms with van der Waals surface area (Å²) in [6, 6.07) is 0.992. The molecule has 0 aromatic carbocycles. The first-order valence-electron chi connectivity index (χ1n) is 8.72. The van der Waals surface area contributed by atoms with Crippen LogP contribution in [0.4, 0.5) is 0 Å². The molecular weight excluding hydrogens is 258 g/mol. The molecule has 3 heteroatoms. The Bertz CT molecular complexity index is 453. The third kappa shape index (κ3) is 3.68. The van der Waals surface area contributed by atoms with Gasteiger partial charge in [-0.2, -0.15) is 5.10 Å². The van der Waals surface area contributed by atoms with Gasteiger partial charge in [0.15, 0.2) is 0 Å². The minimum atomic E-state index is 0.400. The van der Waals surface area contributed by atoms with Crippen LogP contribution >= 0.6 is 0 Å². The van der Waals surface area contributed by atoms with Gasteiger partial charge in [-0.05, 0) is 64.8 Å². The highest BCUT2D eigenvalue weighted by Gasteiger charge is 2.28. The van der Waals surface area contributed by atoms with Gasteiger partial charge >= 0.3 is 0 Å². The number of aryl methyl sites for hydroxylation is 1. The van der Waals surface area contributed by atoms with E-state index in [1.54, 1.807) is 0 Å². The fourth-order valence-corrected chi connectivity index (χ4v) is 4.22. The average Bonchev–Trinajstić information content (AvgIpc) is 2.70. The van der Waals surface area contributed by atoms with E-state index in [1.165, 1.54) is 42.6 Å². The zero-order valence-electron chi connectivity index (χ0n) is 14.7. The second-order valence-corrected chi connectivity index (χ2v) is 7.28. The topological polar surface area (TPSA) is 29.9 Å². The summed E-state index contributed by atoms with van der Waals surface area (Å²) in [5.74, 6) is 1.64. The summed E-state index contributed by atoms with van der Waals surface area (Å²) in [6.45, 7) is 14.8. The van der Waals surface area contributed by atoms with Crippen LogP contribution in [0.1, 0.15) is 82.4 Å². The maximum Gasteiger partial charge on any atom is 0.0644 e. The molecule has 1 aromatic rings. The Hall–Kier alpha value is -0.830.